The molecule has 3 heterocycles. The first-order valence-electron chi connectivity index (χ1n) is 9.23. The van der Waals surface area contributed by atoms with Crippen LogP contribution >= 0.6 is 0 Å². The number of rotatable bonds is 5. The third-order valence-corrected chi connectivity index (χ3v) is 4.77. The summed E-state index contributed by atoms with van der Waals surface area (Å²) in [5.74, 6) is -0.412. The SMILES string of the molecule is O=c1[nH]c(=O)n(C2CC(O)C(CO)O2)cc1-c1cn(-c2ccc(OC(F)(F)F)cc2)nn1. The molecule has 3 N–H and O–H groups in total. The van der Waals surface area contributed by atoms with Gasteiger partial charge in [-0.3, -0.25) is 14.3 Å². The average Bonchev–Trinajstić information content (AvgIpc) is 3.34. The molecule has 0 spiro atoms. The summed E-state index contributed by atoms with van der Waals surface area (Å²) in [6, 6.07) is 4.82. The van der Waals surface area contributed by atoms with Crippen molar-refractivity contribution in [1.82, 2.24) is 24.5 Å². The van der Waals surface area contributed by atoms with Crippen molar-refractivity contribution in [2.75, 3.05) is 6.61 Å². The lowest BCUT2D eigenvalue weighted by Crippen LogP contribution is -2.33. The van der Waals surface area contributed by atoms with Gasteiger partial charge in [0.2, 0.25) is 0 Å². The zero-order valence-electron chi connectivity index (χ0n) is 16.1. The molecule has 1 fully saturated rings. The summed E-state index contributed by atoms with van der Waals surface area (Å²) in [5, 5.41) is 26.9. The minimum Gasteiger partial charge on any atom is -0.406 e. The number of aliphatic hydroxyl groups is 2. The van der Waals surface area contributed by atoms with Crippen LogP contribution in [0.15, 0.2) is 46.2 Å². The zero-order chi connectivity index (χ0) is 23.0. The van der Waals surface area contributed by atoms with E-state index in [0.29, 0.717) is 5.69 Å². The normalized spacial score (nSPS) is 21.1. The van der Waals surface area contributed by atoms with Gasteiger partial charge < -0.3 is 19.7 Å². The quantitative estimate of drug-likeness (QED) is 0.499. The van der Waals surface area contributed by atoms with Crippen molar-refractivity contribution in [3.63, 3.8) is 0 Å². The maximum atomic E-state index is 12.3. The second kappa shape index (κ2) is 8.22. The Bertz CT molecular complexity index is 1220. The standard InChI is InChI=1S/C18H16F3N5O6/c19-18(20,21)32-10-3-1-9(2-4-10)26-7-12(23-24-26)11-6-25(17(30)22-16(11)29)15-5-13(28)14(8-27)31-15/h1-4,6-7,13-15,27-28H,5,8H2,(H,22,29,30). The molecule has 0 saturated carbocycles. The van der Waals surface area contributed by atoms with Crippen LogP contribution < -0.4 is 16.0 Å². The smallest absolute Gasteiger partial charge is 0.406 e. The predicted molar refractivity (Wildman–Crippen MR) is 100.0 cm³/mol. The van der Waals surface area contributed by atoms with Gasteiger partial charge in [0, 0.05) is 12.6 Å². The van der Waals surface area contributed by atoms with Crippen LogP contribution in [0.3, 0.4) is 0 Å². The van der Waals surface area contributed by atoms with Crippen LogP contribution in [0.5, 0.6) is 5.75 Å². The van der Waals surface area contributed by atoms with Crippen LogP contribution in [0, 0.1) is 0 Å². The maximum Gasteiger partial charge on any atom is 0.573 e. The molecule has 3 aromatic rings. The van der Waals surface area contributed by atoms with Crippen LogP contribution in [-0.4, -0.2) is 59.9 Å². The fraction of sp³-hybridized carbons (Fsp3) is 0.333. The first-order chi connectivity index (χ1) is 15.1. The van der Waals surface area contributed by atoms with Crippen molar-refractivity contribution in [3.8, 4) is 22.7 Å². The van der Waals surface area contributed by atoms with E-state index in [4.69, 9.17) is 4.74 Å². The third kappa shape index (κ3) is 4.42. The summed E-state index contributed by atoms with van der Waals surface area (Å²) >= 11 is 0. The van der Waals surface area contributed by atoms with Crippen molar-refractivity contribution >= 4 is 0 Å². The molecule has 1 saturated heterocycles. The van der Waals surface area contributed by atoms with Gasteiger partial charge in [-0.05, 0) is 24.3 Å². The summed E-state index contributed by atoms with van der Waals surface area (Å²) in [4.78, 5) is 26.7. The van der Waals surface area contributed by atoms with Crippen molar-refractivity contribution in [1.29, 1.82) is 0 Å². The lowest BCUT2D eigenvalue weighted by molar-refractivity contribution is -0.274. The largest absolute Gasteiger partial charge is 0.573 e. The Hall–Kier alpha value is -3.49. The number of aromatic nitrogens is 5. The number of nitrogens with zero attached hydrogens (tertiary/aromatic N) is 4. The Balaban J connectivity index is 1.62. The Labute approximate surface area is 176 Å². The molecule has 0 bridgehead atoms. The Morgan fingerprint density at radius 2 is 1.94 bits per heavy atom. The second-order valence-electron chi connectivity index (χ2n) is 6.91. The van der Waals surface area contributed by atoms with E-state index >= 15 is 0 Å². The Morgan fingerprint density at radius 1 is 1.22 bits per heavy atom. The second-order valence-corrected chi connectivity index (χ2v) is 6.91. The van der Waals surface area contributed by atoms with E-state index < -0.39 is 48.4 Å². The van der Waals surface area contributed by atoms with Gasteiger partial charge in [-0.2, -0.15) is 0 Å². The maximum absolute atomic E-state index is 12.3. The van der Waals surface area contributed by atoms with Gasteiger partial charge in [0.05, 0.1) is 30.2 Å². The van der Waals surface area contributed by atoms with Crippen molar-refractivity contribution in [2.45, 2.75) is 31.2 Å². The van der Waals surface area contributed by atoms with E-state index in [2.05, 4.69) is 20.0 Å². The van der Waals surface area contributed by atoms with Gasteiger partial charge in [0.25, 0.3) is 5.56 Å². The third-order valence-electron chi connectivity index (χ3n) is 4.77. The van der Waals surface area contributed by atoms with Crippen molar-refractivity contribution in [2.24, 2.45) is 0 Å². The van der Waals surface area contributed by atoms with Gasteiger partial charge >= 0.3 is 12.1 Å². The summed E-state index contributed by atoms with van der Waals surface area (Å²) in [7, 11) is 0. The molecule has 2 aromatic heterocycles. The van der Waals surface area contributed by atoms with Crippen LogP contribution in [0.1, 0.15) is 12.6 Å². The van der Waals surface area contributed by atoms with Gasteiger partial charge in [0.15, 0.2) is 0 Å². The zero-order valence-corrected chi connectivity index (χ0v) is 16.1. The molecule has 4 rings (SSSR count). The van der Waals surface area contributed by atoms with Crippen molar-refractivity contribution in [3.05, 3.63) is 57.5 Å². The highest BCUT2D eigenvalue weighted by molar-refractivity contribution is 5.55. The lowest BCUT2D eigenvalue weighted by atomic mass is 10.2. The molecule has 3 atom stereocenters. The van der Waals surface area contributed by atoms with Crippen LogP contribution in [0.4, 0.5) is 13.2 Å². The molecule has 3 unspecified atom stereocenters. The number of halogens is 3. The van der Waals surface area contributed by atoms with E-state index in [1.807, 2.05) is 0 Å². The number of aromatic amines is 1. The van der Waals surface area contributed by atoms with Crippen LogP contribution in [-0.2, 0) is 4.74 Å². The lowest BCUT2D eigenvalue weighted by Gasteiger charge is -2.14. The van der Waals surface area contributed by atoms with E-state index in [1.165, 1.54) is 29.2 Å². The molecule has 11 nitrogen and oxygen atoms in total. The number of hydrogen-bond donors (Lipinski definition) is 3. The van der Waals surface area contributed by atoms with Gasteiger partial charge in [0.1, 0.15) is 23.8 Å². The minimum absolute atomic E-state index is 0.0235. The Morgan fingerprint density at radius 3 is 2.56 bits per heavy atom. The number of ether oxygens (including phenoxy) is 2. The molecular weight excluding hydrogens is 439 g/mol. The Kier molecular flexibility index (Phi) is 5.58. The highest BCUT2D eigenvalue weighted by Crippen LogP contribution is 2.28. The fourth-order valence-electron chi connectivity index (χ4n) is 3.25. The topological polar surface area (TPSA) is 144 Å². The van der Waals surface area contributed by atoms with Crippen molar-refractivity contribution < 1.29 is 32.9 Å². The number of hydrogen-bond acceptors (Lipinski definition) is 8. The van der Waals surface area contributed by atoms with Gasteiger partial charge in [-0.15, -0.1) is 18.3 Å². The summed E-state index contributed by atoms with van der Waals surface area (Å²) < 4.78 is 48.4. The van der Waals surface area contributed by atoms with E-state index in [0.717, 1.165) is 16.7 Å². The minimum atomic E-state index is -4.82. The number of H-pyrrole nitrogens is 1. The highest BCUT2D eigenvalue weighted by atomic mass is 19.4. The number of nitrogens with one attached hydrogen (secondary N) is 1. The predicted octanol–water partition coefficient (Wildman–Crippen LogP) is 0.324. The number of alkyl halides is 3. The molecule has 0 aliphatic carbocycles. The number of benzene rings is 1. The van der Waals surface area contributed by atoms with Crippen LogP contribution in [0.2, 0.25) is 0 Å². The van der Waals surface area contributed by atoms with E-state index in [1.54, 1.807) is 0 Å². The van der Waals surface area contributed by atoms with Gasteiger partial charge in [-0.1, -0.05) is 5.21 Å². The molecule has 32 heavy (non-hydrogen) atoms. The van der Waals surface area contributed by atoms with E-state index in [9.17, 15) is 33.0 Å². The summed E-state index contributed by atoms with van der Waals surface area (Å²) in [5.41, 5.74) is -1.13. The van der Waals surface area contributed by atoms with E-state index in [-0.39, 0.29) is 17.7 Å². The summed E-state index contributed by atoms with van der Waals surface area (Å²) in [6.07, 6.45) is -5.02. The molecule has 0 amide bonds. The molecule has 0 radical (unpaired) electrons. The molecule has 14 heteroatoms. The molecule has 1 aliphatic heterocycles. The first-order valence-corrected chi connectivity index (χ1v) is 9.23. The molecular formula is C18H16F3N5O6. The number of aliphatic hydroxyl groups excluding tert-OH is 2. The molecule has 1 aliphatic rings. The fourth-order valence-corrected chi connectivity index (χ4v) is 3.25. The van der Waals surface area contributed by atoms with Gasteiger partial charge in [-0.25, -0.2) is 9.48 Å². The first kappa shape index (κ1) is 21.7. The molecule has 1 aromatic carbocycles. The molecule has 170 valence electrons. The average molecular weight is 455 g/mol. The highest BCUT2D eigenvalue weighted by Gasteiger charge is 2.35. The van der Waals surface area contributed by atoms with Crippen LogP contribution in [0.25, 0.3) is 16.9 Å². The summed E-state index contributed by atoms with van der Waals surface area (Å²) in [6.45, 7) is -0.441. The monoisotopic (exact) mass is 455 g/mol.